The van der Waals surface area contributed by atoms with Crippen LogP contribution in [0, 0.1) is 23.6 Å². The molecule has 0 unspecified atom stereocenters. The van der Waals surface area contributed by atoms with Gasteiger partial charge in [-0.2, -0.15) is 0 Å². The number of hydrogen-bond donors (Lipinski definition) is 1. The minimum absolute atomic E-state index is 0.0540. The topological polar surface area (TPSA) is 46.3 Å². The van der Waals surface area contributed by atoms with Crippen molar-refractivity contribution in [1.82, 2.24) is 4.90 Å². The summed E-state index contributed by atoms with van der Waals surface area (Å²) in [6, 6.07) is 4.88. The molecule has 0 spiro atoms. The van der Waals surface area contributed by atoms with Gasteiger partial charge in [0.25, 0.3) is 5.91 Å². The summed E-state index contributed by atoms with van der Waals surface area (Å²) in [5, 5.41) is 0. The number of amides is 1. The number of rotatable bonds is 4. The van der Waals surface area contributed by atoms with Crippen LogP contribution in [0.1, 0.15) is 41.6 Å². The van der Waals surface area contributed by atoms with Crippen LogP contribution in [0.5, 0.6) is 0 Å². The van der Waals surface area contributed by atoms with Crippen LogP contribution < -0.4 is 5.73 Å². The Bertz CT molecular complexity index is 609. The summed E-state index contributed by atoms with van der Waals surface area (Å²) in [6.45, 7) is 1.01. The van der Waals surface area contributed by atoms with Crippen molar-refractivity contribution in [2.24, 2.45) is 11.7 Å². The lowest BCUT2D eigenvalue weighted by Gasteiger charge is -2.22. The lowest BCUT2D eigenvalue weighted by atomic mass is 10.1. The monoisotopic (exact) mass is 286 g/mol. The van der Waals surface area contributed by atoms with Crippen LogP contribution in [0.3, 0.4) is 0 Å². The molecule has 0 radical (unpaired) electrons. The molecule has 2 N–H and O–H groups in total. The first kappa shape index (κ1) is 14.1. The smallest absolute Gasteiger partial charge is 0.254 e. The van der Waals surface area contributed by atoms with Crippen molar-refractivity contribution in [2.45, 2.75) is 31.7 Å². The molecular formula is C17H19FN2O. The lowest BCUT2D eigenvalue weighted by molar-refractivity contribution is 0.0734. The number of carbonyl (C=O) groups excluding carboxylic acids is 1. The summed E-state index contributed by atoms with van der Waals surface area (Å²) in [7, 11) is 0. The average molecular weight is 286 g/mol. The van der Waals surface area contributed by atoms with Gasteiger partial charge in [0, 0.05) is 18.2 Å². The molecule has 2 aliphatic carbocycles. The van der Waals surface area contributed by atoms with E-state index < -0.39 is 5.82 Å². The molecule has 2 saturated carbocycles. The zero-order valence-electron chi connectivity index (χ0n) is 11.9. The Kier molecular flexibility index (Phi) is 3.94. The van der Waals surface area contributed by atoms with Crippen molar-refractivity contribution in [2.75, 3.05) is 13.1 Å². The van der Waals surface area contributed by atoms with Gasteiger partial charge in [0.15, 0.2) is 0 Å². The molecule has 0 aromatic heterocycles. The van der Waals surface area contributed by atoms with Gasteiger partial charge in [-0.25, -0.2) is 4.39 Å². The van der Waals surface area contributed by atoms with Crippen LogP contribution in [0.4, 0.5) is 4.39 Å². The zero-order valence-corrected chi connectivity index (χ0v) is 11.9. The van der Waals surface area contributed by atoms with Crippen molar-refractivity contribution in [3.63, 3.8) is 0 Å². The van der Waals surface area contributed by atoms with Crippen molar-refractivity contribution in [1.29, 1.82) is 0 Å². The van der Waals surface area contributed by atoms with Crippen LogP contribution >= 0.6 is 0 Å². The molecule has 0 aliphatic heterocycles. The Hall–Kier alpha value is -1.86. The molecule has 3 nitrogen and oxygen atoms in total. The highest BCUT2D eigenvalue weighted by atomic mass is 19.1. The van der Waals surface area contributed by atoms with Crippen molar-refractivity contribution >= 4 is 5.91 Å². The molecule has 1 aromatic carbocycles. The molecular weight excluding hydrogens is 267 g/mol. The predicted molar refractivity (Wildman–Crippen MR) is 79.1 cm³/mol. The molecule has 2 aliphatic rings. The Labute approximate surface area is 124 Å². The summed E-state index contributed by atoms with van der Waals surface area (Å²) in [6.07, 6.45) is 4.55. The molecule has 1 aromatic rings. The summed E-state index contributed by atoms with van der Waals surface area (Å²) in [5.41, 5.74) is 5.98. The maximum atomic E-state index is 14.0. The van der Waals surface area contributed by atoms with Gasteiger partial charge in [-0.1, -0.05) is 11.8 Å². The second-order valence-electron chi connectivity index (χ2n) is 5.83. The molecule has 4 heteroatoms. The van der Waals surface area contributed by atoms with Gasteiger partial charge in [-0.15, -0.1) is 0 Å². The van der Waals surface area contributed by atoms with E-state index in [4.69, 9.17) is 5.73 Å². The van der Waals surface area contributed by atoms with Crippen LogP contribution in [0.15, 0.2) is 18.2 Å². The van der Waals surface area contributed by atoms with Crippen LogP contribution in [0.25, 0.3) is 0 Å². The minimum atomic E-state index is -0.455. The van der Waals surface area contributed by atoms with Crippen molar-refractivity contribution in [3.8, 4) is 11.8 Å². The van der Waals surface area contributed by atoms with E-state index >= 15 is 0 Å². The quantitative estimate of drug-likeness (QED) is 0.862. The molecule has 2 fully saturated rings. The van der Waals surface area contributed by atoms with Crippen molar-refractivity contribution < 1.29 is 9.18 Å². The third-order valence-electron chi connectivity index (χ3n) is 3.94. The summed E-state index contributed by atoms with van der Waals surface area (Å²) in [5.74, 6) is 5.43. The van der Waals surface area contributed by atoms with Gasteiger partial charge in [0.1, 0.15) is 5.82 Å². The van der Waals surface area contributed by atoms with Gasteiger partial charge in [-0.05, 0) is 49.8 Å². The number of halogens is 1. The van der Waals surface area contributed by atoms with Crippen LogP contribution in [-0.4, -0.2) is 29.9 Å². The predicted octanol–water partition coefficient (Wildman–Crippen LogP) is 2.15. The van der Waals surface area contributed by atoms with E-state index in [-0.39, 0.29) is 18.0 Å². The molecule has 3 rings (SSSR count). The van der Waals surface area contributed by atoms with E-state index in [0.29, 0.717) is 17.5 Å². The molecule has 0 saturated heterocycles. The highest BCUT2D eigenvalue weighted by molar-refractivity contribution is 5.94. The first-order chi connectivity index (χ1) is 10.2. The van der Waals surface area contributed by atoms with Gasteiger partial charge in [0.05, 0.1) is 12.1 Å². The molecule has 110 valence electrons. The van der Waals surface area contributed by atoms with E-state index in [1.165, 1.54) is 18.9 Å². The number of hydrogen-bond acceptors (Lipinski definition) is 2. The summed E-state index contributed by atoms with van der Waals surface area (Å²) < 4.78 is 14.0. The first-order valence-electron chi connectivity index (χ1n) is 7.48. The normalized spacial score (nSPS) is 17.0. The third kappa shape index (κ3) is 3.43. The second kappa shape index (κ2) is 5.87. The Morgan fingerprint density at radius 1 is 1.33 bits per heavy atom. The maximum Gasteiger partial charge on any atom is 0.254 e. The Morgan fingerprint density at radius 2 is 2.10 bits per heavy atom. The SMILES string of the molecule is NCC#Cc1ccc(C(=O)N(CC2CC2)C2CC2)cc1F. The Morgan fingerprint density at radius 3 is 2.67 bits per heavy atom. The standard InChI is InChI=1S/C17H19FN2O/c18-16-10-14(6-5-13(16)2-1-9-19)17(21)20(15-7-8-15)11-12-3-4-12/h5-6,10,12,15H,3-4,7-9,11,19H2. The Balaban J connectivity index is 1.78. The van der Waals surface area contributed by atoms with Gasteiger partial charge < -0.3 is 10.6 Å². The lowest BCUT2D eigenvalue weighted by Crippen LogP contribution is -2.35. The van der Waals surface area contributed by atoms with E-state index in [0.717, 1.165) is 19.4 Å². The number of nitrogens with two attached hydrogens (primary N) is 1. The van der Waals surface area contributed by atoms with Crippen LogP contribution in [-0.2, 0) is 0 Å². The fourth-order valence-electron chi connectivity index (χ4n) is 2.42. The van der Waals surface area contributed by atoms with E-state index in [9.17, 15) is 9.18 Å². The van der Waals surface area contributed by atoms with Gasteiger partial charge in [-0.3, -0.25) is 4.79 Å². The first-order valence-corrected chi connectivity index (χ1v) is 7.48. The maximum absolute atomic E-state index is 14.0. The van der Waals surface area contributed by atoms with Crippen LogP contribution in [0.2, 0.25) is 0 Å². The highest BCUT2D eigenvalue weighted by Gasteiger charge is 2.36. The summed E-state index contributed by atoms with van der Waals surface area (Å²) in [4.78, 5) is 14.5. The third-order valence-corrected chi connectivity index (χ3v) is 3.94. The number of carbonyl (C=O) groups is 1. The summed E-state index contributed by atoms with van der Waals surface area (Å²) >= 11 is 0. The molecule has 21 heavy (non-hydrogen) atoms. The largest absolute Gasteiger partial charge is 0.335 e. The van der Waals surface area contributed by atoms with Crippen molar-refractivity contribution in [3.05, 3.63) is 35.1 Å². The van der Waals surface area contributed by atoms with E-state index in [1.807, 2.05) is 4.90 Å². The minimum Gasteiger partial charge on any atom is -0.335 e. The fraction of sp³-hybridized carbons (Fsp3) is 0.471. The van der Waals surface area contributed by atoms with Gasteiger partial charge >= 0.3 is 0 Å². The molecule has 1 amide bonds. The van der Waals surface area contributed by atoms with E-state index in [2.05, 4.69) is 11.8 Å². The number of nitrogens with zero attached hydrogens (tertiary/aromatic N) is 1. The zero-order chi connectivity index (χ0) is 14.8. The molecule has 0 bridgehead atoms. The second-order valence-corrected chi connectivity index (χ2v) is 5.83. The van der Waals surface area contributed by atoms with Gasteiger partial charge in [0.2, 0.25) is 0 Å². The fourth-order valence-corrected chi connectivity index (χ4v) is 2.42. The average Bonchev–Trinajstić information content (AvgIpc) is 3.36. The number of benzene rings is 1. The molecule has 0 atom stereocenters. The molecule has 0 heterocycles. The van der Waals surface area contributed by atoms with E-state index in [1.54, 1.807) is 12.1 Å². The highest BCUT2D eigenvalue weighted by Crippen LogP contribution is 2.35.